The molecule has 4 heteroatoms. The highest BCUT2D eigenvalue weighted by Gasteiger charge is 2.06. The molecule has 0 spiro atoms. The normalized spacial score (nSPS) is 10.6. The molecular weight excluding hydrogens is 312 g/mol. The zero-order chi connectivity index (χ0) is 15.4. The predicted molar refractivity (Wildman–Crippen MR) is 93.2 cm³/mol. The van der Waals surface area contributed by atoms with Crippen molar-refractivity contribution in [3.8, 4) is 11.4 Å². The lowest BCUT2D eigenvalue weighted by atomic mass is 10.2. The van der Waals surface area contributed by atoms with Crippen LogP contribution in [0.1, 0.15) is 11.3 Å². The number of aryl methyl sites for hydroxylation is 1. The van der Waals surface area contributed by atoms with E-state index in [9.17, 15) is 0 Å². The highest BCUT2D eigenvalue weighted by Crippen LogP contribution is 2.25. The number of rotatable bonds is 4. The lowest BCUT2D eigenvalue weighted by Gasteiger charge is -2.06. The molecule has 0 N–H and O–H groups in total. The number of benzene rings is 2. The third-order valence-corrected chi connectivity index (χ3v) is 4.40. The summed E-state index contributed by atoms with van der Waals surface area (Å²) in [7, 11) is 0. The number of nitrogens with zero attached hydrogens (tertiary/aromatic N) is 2. The van der Waals surface area contributed by atoms with Crippen molar-refractivity contribution in [2.75, 3.05) is 0 Å². The van der Waals surface area contributed by atoms with Crippen LogP contribution in [0.5, 0.6) is 0 Å². The summed E-state index contributed by atoms with van der Waals surface area (Å²) in [6.45, 7) is 1.99. The maximum atomic E-state index is 5.93. The number of aromatic nitrogens is 2. The fourth-order valence-corrected chi connectivity index (χ4v) is 3.11. The van der Waals surface area contributed by atoms with Crippen molar-refractivity contribution in [3.05, 3.63) is 76.9 Å². The SMILES string of the molecule is Cc1cc(SCc2ccccc2)nc(-c2ccc(Cl)cc2)n1. The molecule has 1 heterocycles. The Morgan fingerprint density at radius 2 is 1.68 bits per heavy atom. The Labute approximate surface area is 139 Å². The van der Waals surface area contributed by atoms with Crippen LogP contribution in [0.2, 0.25) is 5.02 Å². The van der Waals surface area contributed by atoms with Gasteiger partial charge in [0, 0.05) is 22.0 Å². The molecule has 0 aliphatic carbocycles. The Balaban J connectivity index is 1.82. The van der Waals surface area contributed by atoms with Gasteiger partial charge in [-0.15, -0.1) is 11.8 Å². The van der Waals surface area contributed by atoms with Gasteiger partial charge in [0.2, 0.25) is 0 Å². The van der Waals surface area contributed by atoms with Crippen LogP contribution in [0.25, 0.3) is 11.4 Å². The Kier molecular flexibility index (Phi) is 4.76. The first-order valence-electron chi connectivity index (χ1n) is 6.99. The lowest BCUT2D eigenvalue weighted by molar-refractivity contribution is 1.02. The minimum absolute atomic E-state index is 0.718. The van der Waals surface area contributed by atoms with E-state index in [2.05, 4.69) is 34.2 Å². The number of thioether (sulfide) groups is 1. The van der Waals surface area contributed by atoms with E-state index >= 15 is 0 Å². The van der Waals surface area contributed by atoms with E-state index in [0.717, 1.165) is 32.9 Å². The van der Waals surface area contributed by atoms with Crippen LogP contribution in [0.15, 0.2) is 65.7 Å². The van der Waals surface area contributed by atoms with Crippen LogP contribution < -0.4 is 0 Å². The van der Waals surface area contributed by atoms with Crippen molar-refractivity contribution in [3.63, 3.8) is 0 Å². The topological polar surface area (TPSA) is 25.8 Å². The van der Waals surface area contributed by atoms with Crippen LogP contribution in [-0.2, 0) is 5.75 Å². The van der Waals surface area contributed by atoms with Crippen molar-refractivity contribution in [2.45, 2.75) is 17.7 Å². The molecule has 0 bridgehead atoms. The highest BCUT2D eigenvalue weighted by molar-refractivity contribution is 7.98. The van der Waals surface area contributed by atoms with Gasteiger partial charge in [0.05, 0.1) is 0 Å². The quantitative estimate of drug-likeness (QED) is 0.474. The molecule has 3 aromatic rings. The summed E-state index contributed by atoms with van der Waals surface area (Å²) in [5.41, 5.74) is 3.24. The van der Waals surface area contributed by atoms with E-state index in [-0.39, 0.29) is 0 Å². The third-order valence-electron chi connectivity index (χ3n) is 3.16. The van der Waals surface area contributed by atoms with Crippen LogP contribution in [0.3, 0.4) is 0 Å². The second-order valence-electron chi connectivity index (χ2n) is 4.95. The summed E-state index contributed by atoms with van der Waals surface area (Å²) in [6, 6.07) is 20.0. The van der Waals surface area contributed by atoms with Crippen LogP contribution >= 0.6 is 23.4 Å². The molecule has 0 atom stereocenters. The van der Waals surface area contributed by atoms with E-state index in [1.54, 1.807) is 11.8 Å². The van der Waals surface area contributed by atoms with Gasteiger partial charge >= 0.3 is 0 Å². The second kappa shape index (κ2) is 6.95. The van der Waals surface area contributed by atoms with Crippen molar-refractivity contribution in [1.29, 1.82) is 0 Å². The van der Waals surface area contributed by atoms with Gasteiger partial charge in [0.1, 0.15) is 5.03 Å². The Morgan fingerprint density at radius 1 is 0.955 bits per heavy atom. The fourth-order valence-electron chi connectivity index (χ4n) is 2.07. The largest absolute Gasteiger partial charge is 0.233 e. The van der Waals surface area contributed by atoms with E-state index < -0.39 is 0 Å². The second-order valence-corrected chi connectivity index (χ2v) is 6.38. The number of hydrogen-bond acceptors (Lipinski definition) is 3. The predicted octanol–water partition coefficient (Wildman–Crippen LogP) is 5.40. The van der Waals surface area contributed by atoms with Gasteiger partial charge < -0.3 is 0 Å². The molecule has 0 saturated heterocycles. The first-order valence-corrected chi connectivity index (χ1v) is 8.35. The maximum Gasteiger partial charge on any atom is 0.160 e. The molecule has 2 aromatic carbocycles. The first kappa shape index (κ1) is 15.1. The number of halogens is 1. The van der Waals surface area contributed by atoms with Crippen molar-refractivity contribution >= 4 is 23.4 Å². The van der Waals surface area contributed by atoms with Crippen LogP contribution in [-0.4, -0.2) is 9.97 Å². The monoisotopic (exact) mass is 326 g/mol. The molecule has 3 rings (SSSR count). The number of hydrogen-bond donors (Lipinski definition) is 0. The first-order chi connectivity index (χ1) is 10.7. The Hall–Kier alpha value is -1.84. The summed E-state index contributed by atoms with van der Waals surface area (Å²) in [6.07, 6.45) is 0. The highest BCUT2D eigenvalue weighted by atomic mass is 35.5. The maximum absolute atomic E-state index is 5.93. The molecule has 0 aliphatic rings. The van der Waals surface area contributed by atoms with Gasteiger partial charge in [-0.05, 0) is 42.8 Å². The van der Waals surface area contributed by atoms with Gasteiger partial charge in [0.15, 0.2) is 5.82 Å². The molecule has 0 amide bonds. The van der Waals surface area contributed by atoms with Gasteiger partial charge in [-0.25, -0.2) is 9.97 Å². The van der Waals surface area contributed by atoms with Gasteiger partial charge in [0.25, 0.3) is 0 Å². The lowest BCUT2D eigenvalue weighted by Crippen LogP contribution is -1.94. The molecule has 22 heavy (non-hydrogen) atoms. The minimum atomic E-state index is 0.718. The summed E-state index contributed by atoms with van der Waals surface area (Å²) in [5.74, 6) is 1.64. The summed E-state index contributed by atoms with van der Waals surface area (Å²) in [4.78, 5) is 9.18. The van der Waals surface area contributed by atoms with E-state index in [1.165, 1.54) is 5.56 Å². The van der Waals surface area contributed by atoms with E-state index in [4.69, 9.17) is 11.6 Å². The Bertz CT molecular complexity index is 758. The molecule has 0 unspecified atom stereocenters. The minimum Gasteiger partial charge on any atom is -0.233 e. The zero-order valence-corrected chi connectivity index (χ0v) is 13.7. The Morgan fingerprint density at radius 3 is 2.41 bits per heavy atom. The van der Waals surface area contributed by atoms with Crippen molar-refractivity contribution < 1.29 is 0 Å². The van der Waals surface area contributed by atoms with Gasteiger partial charge in [-0.2, -0.15) is 0 Å². The smallest absolute Gasteiger partial charge is 0.160 e. The van der Waals surface area contributed by atoms with E-state index in [0.29, 0.717) is 0 Å². The average molecular weight is 327 g/mol. The molecule has 0 saturated carbocycles. The third kappa shape index (κ3) is 3.87. The van der Waals surface area contributed by atoms with Crippen molar-refractivity contribution in [1.82, 2.24) is 9.97 Å². The zero-order valence-electron chi connectivity index (χ0n) is 12.2. The summed E-state index contributed by atoms with van der Waals surface area (Å²) < 4.78 is 0. The molecule has 0 radical (unpaired) electrons. The standard InChI is InChI=1S/C18H15ClN2S/c1-13-11-17(22-12-14-5-3-2-4-6-14)21-18(20-13)15-7-9-16(19)10-8-15/h2-11H,12H2,1H3. The molecule has 1 aromatic heterocycles. The summed E-state index contributed by atoms with van der Waals surface area (Å²) >= 11 is 7.66. The molecular formula is C18H15ClN2S. The average Bonchev–Trinajstić information content (AvgIpc) is 2.54. The van der Waals surface area contributed by atoms with Crippen LogP contribution in [0, 0.1) is 6.92 Å². The van der Waals surface area contributed by atoms with Gasteiger partial charge in [-0.1, -0.05) is 41.9 Å². The summed E-state index contributed by atoms with van der Waals surface area (Å²) in [5, 5.41) is 1.70. The molecule has 2 nitrogen and oxygen atoms in total. The fraction of sp³-hybridized carbons (Fsp3) is 0.111. The molecule has 0 fully saturated rings. The van der Waals surface area contributed by atoms with Crippen molar-refractivity contribution in [2.24, 2.45) is 0 Å². The van der Waals surface area contributed by atoms with Gasteiger partial charge in [-0.3, -0.25) is 0 Å². The van der Waals surface area contributed by atoms with Crippen LogP contribution in [0.4, 0.5) is 0 Å². The molecule has 110 valence electrons. The van der Waals surface area contributed by atoms with E-state index in [1.807, 2.05) is 43.3 Å². The molecule has 0 aliphatic heterocycles.